The Kier molecular flexibility index (Phi) is 3.26. The van der Waals surface area contributed by atoms with E-state index < -0.39 is 5.60 Å². The molecule has 3 rings (SSSR count). The Morgan fingerprint density at radius 1 is 1.40 bits per heavy atom. The summed E-state index contributed by atoms with van der Waals surface area (Å²) in [7, 11) is 2.05. The molecule has 0 radical (unpaired) electrons. The smallest absolute Gasteiger partial charge is 0.410 e. The Morgan fingerprint density at radius 2 is 2.00 bits per heavy atom. The minimum absolute atomic E-state index is 0.183. The second-order valence-electron chi connectivity index (χ2n) is 6.77. The normalized spacial score (nSPS) is 28.4. The van der Waals surface area contributed by atoms with Gasteiger partial charge in [0.25, 0.3) is 0 Å². The quantitative estimate of drug-likeness (QED) is 0.694. The number of imidazole rings is 1. The monoisotopic (exact) mass is 389 g/mol. The molecule has 0 N–H and O–H groups in total. The average molecular weight is 389 g/mol. The van der Waals surface area contributed by atoms with E-state index in [1.807, 2.05) is 32.7 Å². The van der Waals surface area contributed by atoms with Crippen LogP contribution in [0.25, 0.3) is 0 Å². The largest absolute Gasteiger partial charge is 0.444 e. The van der Waals surface area contributed by atoms with Crippen LogP contribution in [0.5, 0.6) is 0 Å². The van der Waals surface area contributed by atoms with Gasteiger partial charge in [0.15, 0.2) is 0 Å². The zero-order valence-electron chi connectivity index (χ0n) is 12.3. The first-order chi connectivity index (χ1) is 9.26. The molecule has 20 heavy (non-hydrogen) atoms. The Morgan fingerprint density at radius 3 is 2.45 bits per heavy atom. The summed E-state index contributed by atoms with van der Waals surface area (Å²) in [5.41, 5.74) is -0.418. The van der Waals surface area contributed by atoms with Crippen molar-refractivity contribution < 1.29 is 9.53 Å². The third-order valence-corrected chi connectivity index (χ3v) is 4.55. The summed E-state index contributed by atoms with van der Waals surface area (Å²) in [5, 5.41) is 0. The van der Waals surface area contributed by atoms with Gasteiger partial charge in [-0.25, -0.2) is 9.78 Å². The minimum Gasteiger partial charge on any atom is -0.444 e. The summed E-state index contributed by atoms with van der Waals surface area (Å²) >= 11 is 2.24. The molecular weight excluding hydrogens is 369 g/mol. The van der Waals surface area contributed by atoms with Crippen molar-refractivity contribution in [2.24, 2.45) is 18.9 Å². The summed E-state index contributed by atoms with van der Waals surface area (Å²) in [6.07, 6.45) is 1.87. The molecule has 1 saturated carbocycles. The molecule has 2 heterocycles. The highest BCUT2D eigenvalue weighted by Crippen LogP contribution is 2.57. The summed E-state index contributed by atoms with van der Waals surface area (Å²) in [4.78, 5) is 18.5. The molecule has 1 amide bonds. The van der Waals surface area contributed by atoms with Crippen molar-refractivity contribution in [3.05, 3.63) is 15.7 Å². The van der Waals surface area contributed by atoms with E-state index in [-0.39, 0.29) is 6.09 Å². The zero-order chi connectivity index (χ0) is 14.7. The Hall–Kier alpha value is -0.790. The molecule has 2 aliphatic rings. The molecule has 0 bridgehead atoms. The van der Waals surface area contributed by atoms with Crippen LogP contribution < -0.4 is 0 Å². The van der Waals surface area contributed by atoms with Crippen molar-refractivity contribution >= 4 is 28.7 Å². The van der Waals surface area contributed by atoms with E-state index in [0.717, 1.165) is 22.6 Å². The molecule has 1 aliphatic carbocycles. The Balaban J connectivity index is 1.61. The number of carbonyl (C=O) groups excluding carboxylic acids is 1. The van der Waals surface area contributed by atoms with Crippen LogP contribution in [0.4, 0.5) is 4.79 Å². The molecule has 6 heteroatoms. The zero-order valence-corrected chi connectivity index (χ0v) is 14.4. The molecule has 1 aliphatic heterocycles. The van der Waals surface area contributed by atoms with Gasteiger partial charge in [-0.05, 0) is 55.2 Å². The molecule has 3 atom stereocenters. The van der Waals surface area contributed by atoms with Gasteiger partial charge >= 0.3 is 6.09 Å². The first-order valence-corrected chi connectivity index (χ1v) is 8.01. The van der Waals surface area contributed by atoms with Crippen LogP contribution >= 0.6 is 22.6 Å². The van der Waals surface area contributed by atoms with Crippen LogP contribution in [-0.2, 0) is 11.8 Å². The lowest BCUT2D eigenvalue weighted by Gasteiger charge is -2.25. The van der Waals surface area contributed by atoms with Crippen LogP contribution in [-0.4, -0.2) is 39.2 Å². The maximum Gasteiger partial charge on any atom is 0.410 e. The van der Waals surface area contributed by atoms with Crippen molar-refractivity contribution in [1.82, 2.24) is 14.5 Å². The van der Waals surface area contributed by atoms with Gasteiger partial charge in [0.2, 0.25) is 0 Å². The van der Waals surface area contributed by atoms with Crippen LogP contribution in [0, 0.1) is 15.5 Å². The van der Waals surface area contributed by atoms with E-state index >= 15 is 0 Å². The van der Waals surface area contributed by atoms with E-state index in [2.05, 4.69) is 38.3 Å². The fourth-order valence-electron chi connectivity index (χ4n) is 3.14. The maximum atomic E-state index is 12.0. The van der Waals surface area contributed by atoms with E-state index in [9.17, 15) is 4.79 Å². The molecule has 1 unspecified atom stereocenters. The molecule has 5 nitrogen and oxygen atoms in total. The lowest BCUT2D eigenvalue weighted by atomic mass is 10.2. The first kappa shape index (κ1) is 14.2. The Labute approximate surface area is 132 Å². The number of nitrogens with zero attached hydrogens (tertiary/aromatic N) is 3. The predicted molar refractivity (Wildman–Crippen MR) is 83.5 cm³/mol. The number of halogens is 1. The lowest BCUT2D eigenvalue weighted by Crippen LogP contribution is -2.37. The van der Waals surface area contributed by atoms with E-state index in [1.165, 1.54) is 0 Å². The van der Waals surface area contributed by atoms with Gasteiger partial charge in [0.1, 0.15) is 15.1 Å². The summed E-state index contributed by atoms with van der Waals surface area (Å²) in [5.74, 6) is 2.79. The highest BCUT2D eigenvalue weighted by molar-refractivity contribution is 14.1. The second kappa shape index (κ2) is 4.61. The fraction of sp³-hybridized carbons (Fsp3) is 0.714. The molecule has 1 aromatic rings. The SMILES string of the molecule is Cn1cc(I)nc1C1[C@H]2CN(C(=O)OC(C)(C)C)C[C@@H]12. The number of hydrogen-bond acceptors (Lipinski definition) is 3. The molecule has 0 spiro atoms. The van der Waals surface area contributed by atoms with Crippen LogP contribution in [0.1, 0.15) is 32.5 Å². The van der Waals surface area contributed by atoms with Gasteiger partial charge in [-0.15, -0.1) is 0 Å². The highest BCUT2D eigenvalue weighted by Gasteiger charge is 2.59. The maximum absolute atomic E-state index is 12.0. The third-order valence-electron chi connectivity index (χ3n) is 4.03. The van der Waals surface area contributed by atoms with Gasteiger partial charge in [0.05, 0.1) is 0 Å². The molecule has 1 saturated heterocycles. The number of amides is 1. The summed E-state index contributed by atoms with van der Waals surface area (Å²) in [6.45, 7) is 7.31. The van der Waals surface area contributed by atoms with Crippen LogP contribution in [0.2, 0.25) is 0 Å². The fourth-order valence-corrected chi connectivity index (χ4v) is 3.80. The number of fused-ring (bicyclic) bond motifs is 1. The van der Waals surface area contributed by atoms with Gasteiger partial charge in [-0.1, -0.05) is 0 Å². The summed E-state index contributed by atoms with van der Waals surface area (Å²) in [6, 6.07) is 0. The van der Waals surface area contributed by atoms with Crippen molar-refractivity contribution in [3.8, 4) is 0 Å². The summed E-state index contributed by atoms with van der Waals surface area (Å²) < 4.78 is 8.57. The standard InChI is InChI=1S/C14H20IN3O2/c1-14(2,3)20-13(19)18-5-8-9(6-18)11(8)12-16-10(15)7-17(12)4/h7-9,11H,5-6H2,1-4H3/t8-,9+,11?. The van der Waals surface area contributed by atoms with Crippen LogP contribution in [0.3, 0.4) is 0 Å². The number of carbonyl (C=O) groups is 1. The van der Waals surface area contributed by atoms with Gasteiger partial charge in [0, 0.05) is 32.3 Å². The molecule has 2 fully saturated rings. The highest BCUT2D eigenvalue weighted by atomic mass is 127. The number of likely N-dealkylation sites (tertiary alicyclic amines) is 1. The topological polar surface area (TPSA) is 47.4 Å². The van der Waals surface area contributed by atoms with E-state index in [0.29, 0.717) is 17.8 Å². The van der Waals surface area contributed by atoms with Crippen molar-refractivity contribution in [1.29, 1.82) is 0 Å². The number of hydrogen-bond donors (Lipinski definition) is 0. The minimum atomic E-state index is -0.418. The van der Waals surface area contributed by atoms with Gasteiger partial charge in [-0.3, -0.25) is 0 Å². The molecule has 1 aromatic heterocycles. The van der Waals surface area contributed by atoms with Crippen molar-refractivity contribution in [2.45, 2.75) is 32.3 Å². The number of aromatic nitrogens is 2. The average Bonchev–Trinajstić information content (AvgIpc) is 2.67. The van der Waals surface area contributed by atoms with E-state index in [4.69, 9.17) is 4.74 Å². The van der Waals surface area contributed by atoms with Crippen LogP contribution in [0.15, 0.2) is 6.20 Å². The first-order valence-electron chi connectivity index (χ1n) is 6.93. The third kappa shape index (κ3) is 2.54. The predicted octanol–water partition coefficient (Wildman–Crippen LogP) is 2.61. The number of piperidine rings is 1. The van der Waals surface area contributed by atoms with Crippen molar-refractivity contribution in [3.63, 3.8) is 0 Å². The van der Waals surface area contributed by atoms with Gasteiger partial charge in [-0.2, -0.15) is 0 Å². The van der Waals surface area contributed by atoms with E-state index in [1.54, 1.807) is 0 Å². The van der Waals surface area contributed by atoms with Crippen molar-refractivity contribution in [2.75, 3.05) is 13.1 Å². The molecule has 0 aromatic carbocycles. The lowest BCUT2D eigenvalue weighted by molar-refractivity contribution is 0.0270. The number of rotatable bonds is 1. The molecule has 110 valence electrons. The van der Waals surface area contributed by atoms with Gasteiger partial charge < -0.3 is 14.2 Å². The molecular formula is C14H20IN3O2. The number of ether oxygens (including phenoxy) is 1. The Bertz CT molecular complexity index is 537. The number of aryl methyl sites for hydroxylation is 1. The second-order valence-corrected chi connectivity index (χ2v) is 7.88.